The summed E-state index contributed by atoms with van der Waals surface area (Å²) in [6, 6.07) is 7.92. The van der Waals surface area contributed by atoms with E-state index in [1.807, 2.05) is 31.2 Å². The SMILES string of the molecule is CCOC1C(N)CC1Oc1ccccc1Br. The van der Waals surface area contributed by atoms with Crippen LogP contribution in [0.25, 0.3) is 0 Å². The molecule has 2 rings (SSSR count). The highest BCUT2D eigenvalue weighted by molar-refractivity contribution is 9.10. The highest BCUT2D eigenvalue weighted by atomic mass is 79.9. The van der Waals surface area contributed by atoms with Gasteiger partial charge in [-0.15, -0.1) is 0 Å². The molecule has 3 unspecified atom stereocenters. The van der Waals surface area contributed by atoms with Gasteiger partial charge in [-0.05, 0) is 35.0 Å². The largest absolute Gasteiger partial charge is 0.486 e. The Morgan fingerprint density at radius 3 is 2.81 bits per heavy atom. The molecule has 88 valence electrons. The van der Waals surface area contributed by atoms with Gasteiger partial charge < -0.3 is 15.2 Å². The highest BCUT2D eigenvalue weighted by Gasteiger charge is 2.41. The van der Waals surface area contributed by atoms with Crippen molar-refractivity contribution in [2.24, 2.45) is 5.73 Å². The van der Waals surface area contributed by atoms with Crippen LogP contribution in [0.15, 0.2) is 28.7 Å². The van der Waals surface area contributed by atoms with Crippen LogP contribution in [0.4, 0.5) is 0 Å². The predicted molar refractivity (Wildman–Crippen MR) is 66.6 cm³/mol. The summed E-state index contributed by atoms with van der Waals surface area (Å²) in [5, 5.41) is 0. The molecule has 1 saturated carbocycles. The van der Waals surface area contributed by atoms with Gasteiger partial charge in [0.2, 0.25) is 0 Å². The van der Waals surface area contributed by atoms with Crippen molar-refractivity contribution >= 4 is 15.9 Å². The van der Waals surface area contributed by atoms with Crippen LogP contribution in [0.1, 0.15) is 13.3 Å². The maximum Gasteiger partial charge on any atom is 0.134 e. The summed E-state index contributed by atoms with van der Waals surface area (Å²) < 4.78 is 12.4. The van der Waals surface area contributed by atoms with Crippen molar-refractivity contribution in [3.05, 3.63) is 28.7 Å². The Bertz CT molecular complexity index is 359. The molecule has 0 bridgehead atoms. The number of para-hydroxylation sites is 1. The number of hydrogen-bond donors (Lipinski definition) is 1. The van der Waals surface area contributed by atoms with Crippen LogP contribution < -0.4 is 10.5 Å². The van der Waals surface area contributed by atoms with Gasteiger partial charge in [0.25, 0.3) is 0 Å². The van der Waals surface area contributed by atoms with E-state index in [4.69, 9.17) is 15.2 Å². The fourth-order valence-electron chi connectivity index (χ4n) is 1.86. The smallest absolute Gasteiger partial charge is 0.134 e. The molecule has 0 heterocycles. The molecular weight excluding hydrogens is 270 g/mol. The summed E-state index contributed by atoms with van der Waals surface area (Å²) in [6.45, 7) is 2.65. The molecule has 1 aliphatic rings. The van der Waals surface area contributed by atoms with Crippen molar-refractivity contribution in [1.82, 2.24) is 0 Å². The Hall–Kier alpha value is -0.580. The van der Waals surface area contributed by atoms with E-state index in [0.717, 1.165) is 16.6 Å². The van der Waals surface area contributed by atoms with E-state index in [9.17, 15) is 0 Å². The first-order valence-corrected chi connectivity index (χ1v) is 6.30. The van der Waals surface area contributed by atoms with Gasteiger partial charge in [-0.3, -0.25) is 0 Å². The average Bonchev–Trinajstić information content (AvgIpc) is 2.28. The maximum absolute atomic E-state index is 5.87. The van der Waals surface area contributed by atoms with Crippen molar-refractivity contribution in [1.29, 1.82) is 0 Å². The zero-order valence-corrected chi connectivity index (χ0v) is 10.8. The molecule has 0 spiro atoms. The molecule has 1 aromatic rings. The Balaban J connectivity index is 1.98. The van der Waals surface area contributed by atoms with Crippen LogP contribution in [0.2, 0.25) is 0 Å². The molecule has 3 atom stereocenters. The lowest BCUT2D eigenvalue weighted by atomic mass is 9.86. The van der Waals surface area contributed by atoms with Crippen LogP contribution in [0, 0.1) is 0 Å². The summed E-state index contributed by atoms with van der Waals surface area (Å²) >= 11 is 3.46. The zero-order valence-electron chi connectivity index (χ0n) is 9.23. The highest BCUT2D eigenvalue weighted by Crippen LogP contribution is 2.31. The number of rotatable bonds is 4. The fourth-order valence-corrected chi connectivity index (χ4v) is 2.24. The number of halogens is 1. The van der Waals surface area contributed by atoms with E-state index < -0.39 is 0 Å². The predicted octanol–water partition coefficient (Wildman–Crippen LogP) is 2.33. The molecule has 1 fully saturated rings. The van der Waals surface area contributed by atoms with Crippen LogP contribution in [0.5, 0.6) is 5.75 Å². The normalized spacial score (nSPS) is 28.6. The van der Waals surface area contributed by atoms with Gasteiger partial charge in [0.1, 0.15) is 18.0 Å². The van der Waals surface area contributed by atoms with Crippen LogP contribution in [0.3, 0.4) is 0 Å². The summed E-state index contributed by atoms with van der Waals surface area (Å²) in [5.41, 5.74) is 5.87. The molecule has 4 heteroatoms. The van der Waals surface area contributed by atoms with Crippen molar-refractivity contribution in [3.63, 3.8) is 0 Å². The minimum atomic E-state index is 0.0251. The monoisotopic (exact) mass is 285 g/mol. The number of ether oxygens (including phenoxy) is 2. The minimum absolute atomic E-state index is 0.0251. The summed E-state index contributed by atoms with van der Waals surface area (Å²) in [6.07, 6.45) is 0.956. The molecule has 0 saturated heterocycles. The zero-order chi connectivity index (χ0) is 11.5. The fraction of sp³-hybridized carbons (Fsp3) is 0.500. The van der Waals surface area contributed by atoms with Crippen LogP contribution >= 0.6 is 15.9 Å². The number of benzene rings is 1. The summed E-state index contributed by atoms with van der Waals surface area (Å²) in [7, 11) is 0. The third-order valence-corrected chi connectivity index (χ3v) is 3.42. The van der Waals surface area contributed by atoms with Crippen molar-refractivity contribution in [2.75, 3.05) is 6.61 Å². The summed E-state index contributed by atoms with van der Waals surface area (Å²) in [4.78, 5) is 0. The van der Waals surface area contributed by atoms with Gasteiger partial charge in [0, 0.05) is 19.1 Å². The van der Waals surface area contributed by atoms with Crippen molar-refractivity contribution in [3.8, 4) is 5.75 Å². The average molecular weight is 286 g/mol. The number of nitrogens with two attached hydrogens (primary N) is 1. The van der Waals surface area contributed by atoms with Gasteiger partial charge in [-0.25, -0.2) is 0 Å². The molecule has 0 aromatic heterocycles. The molecule has 0 aliphatic heterocycles. The standard InChI is InChI=1S/C12H16BrNO2/c1-2-15-12-9(14)7-11(12)16-10-6-4-3-5-8(10)13/h3-6,9,11-12H,2,7,14H2,1H3. The quantitative estimate of drug-likeness (QED) is 0.924. The van der Waals surface area contributed by atoms with Crippen LogP contribution in [-0.4, -0.2) is 24.9 Å². The van der Waals surface area contributed by atoms with Gasteiger partial charge in [-0.1, -0.05) is 12.1 Å². The second-order valence-corrected chi connectivity index (χ2v) is 4.76. The van der Waals surface area contributed by atoms with E-state index in [-0.39, 0.29) is 18.2 Å². The Kier molecular flexibility index (Phi) is 3.84. The first-order valence-electron chi connectivity index (χ1n) is 5.50. The lowest BCUT2D eigenvalue weighted by Gasteiger charge is -2.41. The van der Waals surface area contributed by atoms with Gasteiger partial charge >= 0.3 is 0 Å². The minimum Gasteiger partial charge on any atom is -0.486 e. The Labute approximate surface area is 104 Å². The first-order chi connectivity index (χ1) is 7.72. The third kappa shape index (κ3) is 2.39. The molecule has 0 amide bonds. The van der Waals surface area contributed by atoms with Gasteiger partial charge in [0.05, 0.1) is 4.47 Å². The topological polar surface area (TPSA) is 44.5 Å². The lowest BCUT2D eigenvalue weighted by Crippen LogP contribution is -2.59. The van der Waals surface area contributed by atoms with E-state index in [1.165, 1.54) is 0 Å². The molecular formula is C12H16BrNO2. The second kappa shape index (κ2) is 5.17. The first kappa shape index (κ1) is 11.9. The number of hydrogen-bond acceptors (Lipinski definition) is 3. The van der Waals surface area contributed by atoms with E-state index >= 15 is 0 Å². The Morgan fingerprint density at radius 2 is 2.19 bits per heavy atom. The van der Waals surface area contributed by atoms with E-state index in [0.29, 0.717) is 6.61 Å². The Morgan fingerprint density at radius 1 is 1.44 bits per heavy atom. The second-order valence-electron chi connectivity index (χ2n) is 3.91. The maximum atomic E-state index is 5.87. The lowest BCUT2D eigenvalue weighted by molar-refractivity contribution is -0.0947. The van der Waals surface area contributed by atoms with Crippen molar-refractivity contribution < 1.29 is 9.47 Å². The van der Waals surface area contributed by atoms with Gasteiger partial charge in [-0.2, -0.15) is 0 Å². The third-order valence-electron chi connectivity index (χ3n) is 2.77. The van der Waals surface area contributed by atoms with E-state index in [1.54, 1.807) is 0 Å². The summed E-state index contributed by atoms with van der Waals surface area (Å²) in [5.74, 6) is 0.851. The molecule has 3 nitrogen and oxygen atoms in total. The molecule has 1 aromatic carbocycles. The van der Waals surface area contributed by atoms with E-state index in [2.05, 4.69) is 15.9 Å². The molecule has 16 heavy (non-hydrogen) atoms. The molecule has 0 radical (unpaired) electrons. The van der Waals surface area contributed by atoms with Crippen LogP contribution in [-0.2, 0) is 4.74 Å². The van der Waals surface area contributed by atoms with Crippen molar-refractivity contribution in [2.45, 2.75) is 31.6 Å². The molecule has 2 N–H and O–H groups in total. The van der Waals surface area contributed by atoms with Gasteiger partial charge in [0.15, 0.2) is 0 Å². The molecule has 1 aliphatic carbocycles.